The van der Waals surface area contributed by atoms with E-state index in [4.69, 9.17) is 4.79 Å². The quantitative estimate of drug-likeness (QED) is 0.436. The minimum absolute atomic E-state index is 0.750. The first-order valence-electron chi connectivity index (χ1n) is 12.6. The molecule has 1 atom stereocenters. The van der Waals surface area contributed by atoms with Crippen LogP contribution in [0.3, 0.4) is 0 Å². The van der Waals surface area contributed by atoms with Crippen molar-refractivity contribution in [1.29, 1.82) is 0 Å². The Morgan fingerprint density at radius 1 is 1.16 bits per heavy atom. The number of allylic oxidation sites excluding steroid dienone is 1. The van der Waals surface area contributed by atoms with Gasteiger partial charge in [0.25, 0.3) is 0 Å². The molecule has 0 heterocycles. The van der Waals surface area contributed by atoms with Crippen molar-refractivity contribution in [2.75, 3.05) is 0 Å². The highest BCUT2D eigenvalue weighted by Crippen LogP contribution is 2.39. The first kappa shape index (κ1) is 31.6. The van der Waals surface area contributed by atoms with Gasteiger partial charge >= 0.3 is 0 Å². The number of benzene rings is 1. The molecule has 178 valence electrons. The fourth-order valence-corrected chi connectivity index (χ4v) is 3.48. The molecular formula is C30H52O. The molecule has 0 aliphatic heterocycles. The zero-order valence-electron chi connectivity index (χ0n) is 22.7. The summed E-state index contributed by atoms with van der Waals surface area (Å²) in [4.78, 5) is 8.81. The van der Waals surface area contributed by atoms with E-state index in [-0.39, 0.29) is 0 Å². The molecule has 2 aliphatic rings. The monoisotopic (exact) mass is 428 g/mol. The van der Waals surface area contributed by atoms with Crippen LogP contribution in [0.25, 0.3) is 12.2 Å². The van der Waals surface area contributed by atoms with Crippen LogP contribution in [0.4, 0.5) is 0 Å². The van der Waals surface area contributed by atoms with Crippen LogP contribution in [0.15, 0.2) is 18.2 Å². The molecule has 1 aromatic rings. The zero-order chi connectivity index (χ0) is 24.6. The second-order valence-corrected chi connectivity index (χ2v) is 8.56. The largest absolute Gasteiger partial charge is 0.304 e. The average Bonchev–Trinajstić information content (AvgIpc) is 3.55. The van der Waals surface area contributed by atoms with E-state index in [9.17, 15) is 0 Å². The van der Waals surface area contributed by atoms with Crippen LogP contribution in [0.1, 0.15) is 116 Å². The van der Waals surface area contributed by atoms with Crippen molar-refractivity contribution in [2.45, 2.75) is 108 Å². The molecule has 0 amide bonds. The van der Waals surface area contributed by atoms with Crippen molar-refractivity contribution >= 4 is 18.4 Å². The molecule has 0 N–H and O–H groups in total. The van der Waals surface area contributed by atoms with Crippen molar-refractivity contribution in [3.05, 3.63) is 46.0 Å². The van der Waals surface area contributed by atoms with Gasteiger partial charge in [-0.3, -0.25) is 0 Å². The third-order valence-corrected chi connectivity index (χ3v) is 5.64. The predicted octanol–water partition coefficient (Wildman–Crippen LogP) is 9.50. The molecule has 0 saturated heterocycles. The van der Waals surface area contributed by atoms with Gasteiger partial charge in [0.2, 0.25) is 0 Å². The average molecular weight is 429 g/mol. The smallest absolute Gasteiger partial charge is 0.116 e. The molecule has 0 aromatic heterocycles. The Bertz CT molecular complexity index is 659. The Hall–Kier alpha value is -1.63. The van der Waals surface area contributed by atoms with Crippen LogP contribution in [-0.2, 0) is 17.6 Å². The first-order chi connectivity index (χ1) is 14.8. The van der Waals surface area contributed by atoms with Crippen molar-refractivity contribution in [3.8, 4) is 0 Å². The number of aldehydes is 1. The van der Waals surface area contributed by atoms with Gasteiger partial charge in [-0.25, -0.2) is 0 Å². The summed E-state index contributed by atoms with van der Waals surface area (Å²) in [6.45, 7) is 27.1. The fraction of sp³-hybridized carbons (Fsp3) is 0.633. The standard InChI is InChI=1S/C19H24.C5H12.C2H4O.2C2H6/c1-5-15-11-17-8-12(2)9-18(17)14(4)19(15)10-13(3)16-6-7-16;1-4-5(2)3;1-2-3;2*1-2/h5,10-12,16H,1,6-9H2,2-4H3;5H,4H2,1-3H3;2H,1H3;2*1-2H3/b13-10+;;;;. The van der Waals surface area contributed by atoms with Gasteiger partial charge in [-0.2, -0.15) is 0 Å². The van der Waals surface area contributed by atoms with E-state index in [1.165, 1.54) is 55.7 Å². The fourth-order valence-electron chi connectivity index (χ4n) is 3.48. The number of carbonyl (C=O) groups excluding carboxylic acids is 1. The molecule has 1 unspecified atom stereocenters. The lowest BCUT2D eigenvalue weighted by Crippen LogP contribution is -1.96. The van der Waals surface area contributed by atoms with Crippen LogP contribution in [0.2, 0.25) is 0 Å². The molecule has 1 fully saturated rings. The molecule has 1 nitrogen and oxygen atoms in total. The lowest BCUT2D eigenvalue weighted by molar-refractivity contribution is -0.106. The van der Waals surface area contributed by atoms with E-state index in [0.717, 1.165) is 24.0 Å². The maximum atomic E-state index is 8.81. The number of fused-ring (bicyclic) bond motifs is 1. The highest BCUT2D eigenvalue weighted by atomic mass is 16.1. The van der Waals surface area contributed by atoms with Crippen molar-refractivity contribution in [1.82, 2.24) is 0 Å². The summed E-state index contributed by atoms with van der Waals surface area (Å²) in [5, 5.41) is 0. The first-order valence-corrected chi connectivity index (χ1v) is 12.6. The third kappa shape index (κ3) is 11.5. The second-order valence-electron chi connectivity index (χ2n) is 8.56. The van der Waals surface area contributed by atoms with Gasteiger partial charge in [0.05, 0.1) is 0 Å². The molecule has 2 aliphatic carbocycles. The van der Waals surface area contributed by atoms with Crippen molar-refractivity contribution in [3.63, 3.8) is 0 Å². The minimum atomic E-state index is 0.750. The number of rotatable bonds is 4. The maximum absolute atomic E-state index is 8.81. The Kier molecular flexibility index (Phi) is 18.3. The van der Waals surface area contributed by atoms with Gasteiger partial charge < -0.3 is 4.79 Å². The summed E-state index contributed by atoms with van der Waals surface area (Å²) >= 11 is 0. The summed E-state index contributed by atoms with van der Waals surface area (Å²) in [7, 11) is 0. The van der Waals surface area contributed by atoms with Gasteiger partial charge in [0.15, 0.2) is 0 Å². The highest BCUT2D eigenvalue weighted by Gasteiger charge is 2.25. The molecule has 0 radical (unpaired) electrons. The third-order valence-electron chi connectivity index (χ3n) is 5.64. The van der Waals surface area contributed by atoms with Gasteiger partial charge in [-0.15, -0.1) is 0 Å². The molecular weight excluding hydrogens is 376 g/mol. The summed E-state index contributed by atoms with van der Waals surface area (Å²) < 4.78 is 0. The lowest BCUT2D eigenvalue weighted by Gasteiger charge is -2.13. The van der Waals surface area contributed by atoms with E-state index < -0.39 is 0 Å². The number of hydrogen-bond donors (Lipinski definition) is 0. The van der Waals surface area contributed by atoms with Crippen LogP contribution in [0, 0.1) is 24.7 Å². The van der Waals surface area contributed by atoms with Crippen LogP contribution in [0.5, 0.6) is 0 Å². The van der Waals surface area contributed by atoms with Gasteiger partial charge in [-0.1, -0.05) is 92.2 Å². The molecule has 1 heteroatoms. The van der Waals surface area contributed by atoms with Crippen LogP contribution >= 0.6 is 0 Å². The van der Waals surface area contributed by atoms with Gasteiger partial charge in [-0.05, 0) is 92.0 Å². The van der Waals surface area contributed by atoms with E-state index in [1.54, 1.807) is 16.7 Å². The predicted molar refractivity (Wildman–Crippen MR) is 144 cm³/mol. The van der Waals surface area contributed by atoms with Crippen molar-refractivity contribution in [2.24, 2.45) is 17.8 Å². The normalized spacial score (nSPS) is 16.1. The van der Waals surface area contributed by atoms with Gasteiger partial charge in [0.1, 0.15) is 6.29 Å². The highest BCUT2D eigenvalue weighted by molar-refractivity contribution is 5.71. The second kappa shape index (κ2) is 18.0. The SMILES string of the molecule is C=Cc1cc2c(c(C)c1/C=C(\C)C1CC1)CC(C)C2.CC.CC.CC=O.CCC(C)C. The van der Waals surface area contributed by atoms with Crippen LogP contribution in [-0.4, -0.2) is 6.29 Å². The molecule has 0 bridgehead atoms. The maximum Gasteiger partial charge on any atom is 0.116 e. The molecule has 0 spiro atoms. The Morgan fingerprint density at radius 2 is 1.65 bits per heavy atom. The summed E-state index contributed by atoms with van der Waals surface area (Å²) in [5.74, 6) is 2.54. The molecule has 1 saturated carbocycles. The molecule has 31 heavy (non-hydrogen) atoms. The Balaban J connectivity index is 0. The topological polar surface area (TPSA) is 17.1 Å². The minimum Gasteiger partial charge on any atom is -0.304 e. The molecule has 3 rings (SSSR count). The zero-order valence-corrected chi connectivity index (χ0v) is 22.7. The number of hydrogen-bond acceptors (Lipinski definition) is 1. The summed E-state index contributed by atoms with van der Waals surface area (Å²) in [5.41, 5.74) is 8.96. The van der Waals surface area contributed by atoms with E-state index in [1.807, 2.05) is 33.8 Å². The molecule has 1 aromatic carbocycles. The van der Waals surface area contributed by atoms with E-state index in [0.29, 0.717) is 0 Å². The van der Waals surface area contributed by atoms with Gasteiger partial charge in [0, 0.05) is 0 Å². The van der Waals surface area contributed by atoms with E-state index >= 15 is 0 Å². The summed E-state index contributed by atoms with van der Waals surface area (Å²) in [6, 6.07) is 2.38. The number of carbonyl (C=O) groups is 1. The Labute approximate surface area is 195 Å². The van der Waals surface area contributed by atoms with Crippen molar-refractivity contribution < 1.29 is 4.79 Å². The van der Waals surface area contributed by atoms with E-state index in [2.05, 4.69) is 60.3 Å². The summed E-state index contributed by atoms with van der Waals surface area (Å²) in [6.07, 6.45) is 11.8. The Morgan fingerprint density at radius 3 is 2.03 bits per heavy atom. The lowest BCUT2D eigenvalue weighted by atomic mass is 9.92. The van der Waals surface area contributed by atoms with Crippen LogP contribution < -0.4 is 0 Å².